The van der Waals surface area contributed by atoms with Crippen LogP contribution in [0.25, 0.3) is 0 Å². The molecule has 1 saturated heterocycles. The highest BCUT2D eigenvalue weighted by atomic mass is 16.3. The van der Waals surface area contributed by atoms with Gasteiger partial charge in [-0.15, -0.1) is 0 Å². The molecule has 1 aliphatic heterocycles. The van der Waals surface area contributed by atoms with E-state index in [1.807, 2.05) is 13.8 Å². The summed E-state index contributed by atoms with van der Waals surface area (Å²) in [4.78, 5) is 2.44. The molecule has 0 bridgehead atoms. The summed E-state index contributed by atoms with van der Waals surface area (Å²) in [6, 6.07) is 0.639. The van der Waals surface area contributed by atoms with Crippen LogP contribution in [-0.4, -0.2) is 35.2 Å². The van der Waals surface area contributed by atoms with Crippen LogP contribution in [0.3, 0.4) is 0 Å². The zero-order valence-electron chi connectivity index (χ0n) is 9.58. The zero-order chi connectivity index (χ0) is 10.3. The van der Waals surface area contributed by atoms with Crippen LogP contribution in [0.2, 0.25) is 0 Å². The molecule has 0 aromatic carbocycles. The second kappa shape index (κ2) is 7.34. The minimum atomic E-state index is -0.0428. The minimum absolute atomic E-state index is 0.0428. The van der Waals surface area contributed by atoms with E-state index in [-0.39, 0.29) is 6.10 Å². The number of hydrogen-bond acceptors (Lipinski definition) is 2. The Kier molecular flexibility index (Phi) is 7.29. The van der Waals surface area contributed by atoms with Gasteiger partial charge in [-0.1, -0.05) is 13.8 Å². The van der Waals surface area contributed by atoms with Crippen LogP contribution < -0.4 is 0 Å². The summed E-state index contributed by atoms with van der Waals surface area (Å²) < 4.78 is 0. The number of hydrogen-bond donors (Lipinski definition) is 1. The van der Waals surface area contributed by atoms with Crippen LogP contribution in [-0.2, 0) is 0 Å². The molecule has 1 atom stereocenters. The van der Waals surface area contributed by atoms with Gasteiger partial charge in [0.25, 0.3) is 0 Å². The van der Waals surface area contributed by atoms with E-state index in [0.717, 1.165) is 32.4 Å². The molecule has 13 heavy (non-hydrogen) atoms. The largest absolute Gasteiger partial charge is 0.393 e. The first-order chi connectivity index (χ1) is 6.20. The van der Waals surface area contributed by atoms with Crippen molar-refractivity contribution >= 4 is 0 Å². The molecule has 0 aromatic heterocycles. The summed E-state index contributed by atoms with van der Waals surface area (Å²) in [6.07, 6.45) is 3.06. The molecule has 0 amide bonds. The molecule has 0 radical (unpaired) electrons. The fraction of sp³-hybridized carbons (Fsp3) is 1.00. The Hall–Kier alpha value is -0.0800. The summed E-state index contributed by atoms with van der Waals surface area (Å²) >= 11 is 0. The maximum absolute atomic E-state index is 9.36. The third kappa shape index (κ3) is 5.27. The van der Waals surface area contributed by atoms with Crippen molar-refractivity contribution < 1.29 is 5.11 Å². The third-order valence-corrected chi connectivity index (χ3v) is 2.46. The van der Waals surface area contributed by atoms with Crippen LogP contribution in [0.4, 0.5) is 0 Å². The Morgan fingerprint density at radius 3 is 2.31 bits per heavy atom. The standard InChI is InChI=1S/C9H19NO.C2H6/c1-8(2)10-6-3-4-9(11)5-7-10;1-2/h8-9,11H,3-7H2,1-2H3;1-2H3. The van der Waals surface area contributed by atoms with E-state index in [0.29, 0.717) is 6.04 Å². The Bertz CT molecular complexity index is 115. The molecule has 0 spiro atoms. The molecule has 2 nitrogen and oxygen atoms in total. The van der Waals surface area contributed by atoms with Crippen LogP contribution in [0, 0.1) is 0 Å². The summed E-state index contributed by atoms with van der Waals surface area (Å²) in [5.74, 6) is 0. The number of aliphatic hydroxyl groups is 1. The lowest BCUT2D eigenvalue weighted by Gasteiger charge is -2.23. The second-order valence-corrected chi connectivity index (χ2v) is 3.71. The molecule has 1 fully saturated rings. The van der Waals surface area contributed by atoms with Crippen molar-refractivity contribution in [1.29, 1.82) is 0 Å². The molecule has 1 aliphatic rings. The van der Waals surface area contributed by atoms with Gasteiger partial charge in [-0.2, -0.15) is 0 Å². The lowest BCUT2D eigenvalue weighted by Crippen LogP contribution is -2.31. The summed E-state index contributed by atoms with van der Waals surface area (Å²) in [6.45, 7) is 10.7. The fourth-order valence-corrected chi connectivity index (χ4v) is 1.62. The molecule has 0 aromatic rings. The molecule has 0 aliphatic carbocycles. The molecule has 80 valence electrons. The topological polar surface area (TPSA) is 23.5 Å². The van der Waals surface area contributed by atoms with Gasteiger partial charge in [-0.25, -0.2) is 0 Å². The molecular weight excluding hydrogens is 162 g/mol. The van der Waals surface area contributed by atoms with Gasteiger partial charge in [0.2, 0.25) is 0 Å². The van der Waals surface area contributed by atoms with E-state index in [2.05, 4.69) is 18.7 Å². The maximum atomic E-state index is 9.36. The molecule has 1 unspecified atom stereocenters. The summed E-state index contributed by atoms with van der Waals surface area (Å²) in [5, 5.41) is 9.36. The van der Waals surface area contributed by atoms with Crippen molar-refractivity contribution in [3.05, 3.63) is 0 Å². The van der Waals surface area contributed by atoms with E-state index in [1.165, 1.54) is 0 Å². The van der Waals surface area contributed by atoms with Crippen LogP contribution in [0.5, 0.6) is 0 Å². The van der Waals surface area contributed by atoms with Crippen LogP contribution in [0.15, 0.2) is 0 Å². The molecule has 1 N–H and O–H groups in total. The van der Waals surface area contributed by atoms with Crippen LogP contribution in [0.1, 0.15) is 47.0 Å². The number of nitrogens with zero attached hydrogens (tertiary/aromatic N) is 1. The highest BCUT2D eigenvalue weighted by Crippen LogP contribution is 2.12. The molecular formula is C11H25NO. The Morgan fingerprint density at radius 2 is 1.77 bits per heavy atom. The lowest BCUT2D eigenvalue weighted by molar-refractivity contribution is 0.151. The molecule has 2 heteroatoms. The monoisotopic (exact) mass is 187 g/mol. The predicted molar refractivity (Wildman–Crippen MR) is 57.9 cm³/mol. The van der Waals surface area contributed by atoms with Gasteiger partial charge in [0.1, 0.15) is 0 Å². The van der Waals surface area contributed by atoms with Gasteiger partial charge in [0.15, 0.2) is 0 Å². The van der Waals surface area contributed by atoms with Crippen molar-refractivity contribution in [2.24, 2.45) is 0 Å². The number of rotatable bonds is 1. The normalized spacial score (nSPS) is 24.9. The Morgan fingerprint density at radius 1 is 1.15 bits per heavy atom. The van der Waals surface area contributed by atoms with Gasteiger partial charge in [0, 0.05) is 12.6 Å². The highest BCUT2D eigenvalue weighted by Gasteiger charge is 2.16. The average Bonchev–Trinajstić information content (AvgIpc) is 2.33. The molecule has 1 heterocycles. The van der Waals surface area contributed by atoms with Crippen molar-refractivity contribution in [2.75, 3.05) is 13.1 Å². The van der Waals surface area contributed by atoms with Gasteiger partial charge < -0.3 is 10.0 Å². The average molecular weight is 187 g/mol. The first-order valence-electron chi connectivity index (χ1n) is 5.62. The van der Waals surface area contributed by atoms with E-state index in [1.54, 1.807) is 0 Å². The quantitative estimate of drug-likeness (QED) is 0.680. The van der Waals surface area contributed by atoms with Gasteiger partial charge in [-0.3, -0.25) is 0 Å². The van der Waals surface area contributed by atoms with Gasteiger partial charge in [-0.05, 0) is 39.7 Å². The smallest absolute Gasteiger partial charge is 0.0553 e. The lowest BCUT2D eigenvalue weighted by atomic mass is 10.2. The summed E-state index contributed by atoms with van der Waals surface area (Å²) in [5.41, 5.74) is 0. The van der Waals surface area contributed by atoms with E-state index in [4.69, 9.17) is 0 Å². The zero-order valence-corrected chi connectivity index (χ0v) is 9.58. The summed E-state index contributed by atoms with van der Waals surface area (Å²) in [7, 11) is 0. The van der Waals surface area contributed by atoms with Crippen molar-refractivity contribution in [3.63, 3.8) is 0 Å². The second-order valence-electron chi connectivity index (χ2n) is 3.71. The molecule has 0 saturated carbocycles. The van der Waals surface area contributed by atoms with Gasteiger partial charge >= 0.3 is 0 Å². The highest BCUT2D eigenvalue weighted by molar-refractivity contribution is 4.70. The maximum Gasteiger partial charge on any atom is 0.0553 e. The fourth-order valence-electron chi connectivity index (χ4n) is 1.62. The first kappa shape index (κ1) is 12.9. The van der Waals surface area contributed by atoms with Crippen molar-refractivity contribution in [3.8, 4) is 0 Å². The van der Waals surface area contributed by atoms with E-state index >= 15 is 0 Å². The van der Waals surface area contributed by atoms with Crippen LogP contribution >= 0.6 is 0 Å². The Labute approximate surface area is 82.9 Å². The third-order valence-electron chi connectivity index (χ3n) is 2.46. The minimum Gasteiger partial charge on any atom is -0.393 e. The number of likely N-dealkylation sites (tertiary alicyclic amines) is 1. The predicted octanol–water partition coefficient (Wildman–Crippen LogP) is 2.27. The van der Waals surface area contributed by atoms with Crippen molar-refractivity contribution in [2.45, 2.75) is 59.1 Å². The number of aliphatic hydroxyl groups excluding tert-OH is 1. The van der Waals surface area contributed by atoms with E-state index in [9.17, 15) is 5.11 Å². The van der Waals surface area contributed by atoms with E-state index < -0.39 is 0 Å². The van der Waals surface area contributed by atoms with Gasteiger partial charge in [0.05, 0.1) is 6.10 Å². The van der Waals surface area contributed by atoms with Crippen molar-refractivity contribution in [1.82, 2.24) is 4.90 Å². The first-order valence-corrected chi connectivity index (χ1v) is 5.62. The SMILES string of the molecule is CC.CC(C)N1CCCC(O)CC1. The molecule has 1 rings (SSSR count). The Balaban J connectivity index is 0.000000671.